The second kappa shape index (κ2) is 6.25. The van der Waals surface area contributed by atoms with Crippen molar-refractivity contribution in [3.63, 3.8) is 0 Å². The number of hydrogen-bond acceptors (Lipinski definition) is 3. The number of carboxylic acids is 1. The van der Waals surface area contributed by atoms with Crippen LogP contribution < -0.4 is 5.32 Å². The summed E-state index contributed by atoms with van der Waals surface area (Å²) in [6, 6.07) is 2.79. The summed E-state index contributed by atoms with van der Waals surface area (Å²) in [5.41, 5.74) is 0.344. The molecule has 0 spiro atoms. The first-order valence-electron chi connectivity index (χ1n) is 6.73. The molecule has 2 aromatic heterocycles. The van der Waals surface area contributed by atoms with Crippen LogP contribution in [0.4, 0.5) is 0 Å². The van der Waals surface area contributed by atoms with Crippen molar-refractivity contribution < 1.29 is 14.7 Å². The second-order valence-corrected chi connectivity index (χ2v) is 4.75. The lowest BCUT2D eigenvalue weighted by molar-refractivity contribution is -0.139. The number of carboxylic acid groups (broad SMARTS) is 1. The van der Waals surface area contributed by atoms with Gasteiger partial charge in [-0.15, -0.1) is 0 Å². The maximum absolute atomic E-state index is 12.3. The topological polar surface area (TPSA) is 89.2 Å². The number of aromatic nitrogens is 3. The first kappa shape index (κ1) is 14.8. The zero-order chi connectivity index (χ0) is 15.4. The number of aliphatic carboxylic acids is 1. The van der Waals surface area contributed by atoms with Crippen LogP contribution in [0, 0.1) is 0 Å². The molecule has 0 saturated carbocycles. The largest absolute Gasteiger partial charge is 0.480 e. The van der Waals surface area contributed by atoms with E-state index in [4.69, 9.17) is 5.11 Å². The van der Waals surface area contributed by atoms with Crippen molar-refractivity contribution in [2.45, 2.75) is 25.8 Å². The number of nitrogens with one attached hydrogen (secondary N) is 1. The van der Waals surface area contributed by atoms with Crippen LogP contribution in [-0.4, -0.2) is 37.4 Å². The van der Waals surface area contributed by atoms with Gasteiger partial charge >= 0.3 is 5.97 Å². The average molecular weight is 290 g/mol. The lowest BCUT2D eigenvalue weighted by Crippen LogP contribution is -2.40. The molecule has 1 unspecified atom stereocenters. The summed E-state index contributed by atoms with van der Waals surface area (Å²) in [6.45, 7) is 1.87. The Hall–Kier alpha value is -2.57. The zero-order valence-electron chi connectivity index (χ0n) is 12.0. The van der Waals surface area contributed by atoms with Crippen LogP contribution in [0.25, 0.3) is 5.82 Å². The van der Waals surface area contributed by atoms with E-state index in [2.05, 4.69) is 10.4 Å². The summed E-state index contributed by atoms with van der Waals surface area (Å²) in [6.07, 6.45) is 6.10. The van der Waals surface area contributed by atoms with Gasteiger partial charge in [0, 0.05) is 19.4 Å². The van der Waals surface area contributed by atoms with Crippen LogP contribution >= 0.6 is 0 Å². The minimum Gasteiger partial charge on any atom is -0.480 e. The van der Waals surface area contributed by atoms with Gasteiger partial charge in [-0.25, -0.2) is 4.79 Å². The second-order valence-electron chi connectivity index (χ2n) is 4.75. The van der Waals surface area contributed by atoms with Crippen LogP contribution in [0.2, 0.25) is 0 Å². The Morgan fingerprint density at radius 2 is 2.05 bits per heavy atom. The SMILES string of the molecule is CCCC(NC(=O)c1cnn(C)c1-n1cccc1)C(=O)O. The van der Waals surface area contributed by atoms with Crippen molar-refractivity contribution in [3.05, 3.63) is 36.3 Å². The summed E-state index contributed by atoms with van der Waals surface area (Å²) < 4.78 is 3.34. The van der Waals surface area contributed by atoms with Crippen LogP contribution in [-0.2, 0) is 11.8 Å². The fourth-order valence-electron chi connectivity index (χ4n) is 2.16. The third-order valence-corrected chi connectivity index (χ3v) is 3.18. The summed E-state index contributed by atoms with van der Waals surface area (Å²) in [5.74, 6) is -0.873. The van der Waals surface area contributed by atoms with Crippen LogP contribution in [0.15, 0.2) is 30.7 Å². The van der Waals surface area contributed by atoms with Gasteiger partial charge in [-0.2, -0.15) is 5.10 Å². The highest BCUT2D eigenvalue weighted by atomic mass is 16.4. The van der Waals surface area contributed by atoms with Crippen molar-refractivity contribution >= 4 is 11.9 Å². The Bertz CT molecular complexity index is 631. The van der Waals surface area contributed by atoms with Gasteiger partial charge in [0.05, 0.1) is 6.20 Å². The summed E-state index contributed by atoms with van der Waals surface area (Å²) in [7, 11) is 1.73. The lowest BCUT2D eigenvalue weighted by atomic mass is 10.1. The Balaban J connectivity index is 2.26. The predicted octanol–water partition coefficient (Wildman–Crippen LogP) is 1.19. The van der Waals surface area contributed by atoms with E-state index >= 15 is 0 Å². The molecule has 0 bridgehead atoms. The Labute approximate surface area is 122 Å². The minimum atomic E-state index is -1.03. The predicted molar refractivity (Wildman–Crippen MR) is 76.3 cm³/mol. The van der Waals surface area contributed by atoms with Gasteiger partial charge in [0.25, 0.3) is 5.91 Å². The van der Waals surface area contributed by atoms with Crippen molar-refractivity contribution in [1.82, 2.24) is 19.7 Å². The van der Waals surface area contributed by atoms with E-state index in [1.807, 2.05) is 19.1 Å². The molecule has 0 aliphatic rings. The molecule has 112 valence electrons. The van der Waals surface area contributed by atoms with Crippen molar-refractivity contribution in [2.24, 2.45) is 7.05 Å². The number of carbonyl (C=O) groups is 2. The quantitative estimate of drug-likeness (QED) is 0.836. The van der Waals surface area contributed by atoms with Gasteiger partial charge in [0.2, 0.25) is 0 Å². The number of carbonyl (C=O) groups excluding carboxylic acids is 1. The summed E-state index contributed by atoms with van der Waals surface area (Å²) in [5, 5.41) is 15.7. The van der Waals surface area contributed by atoms with Gasteiger partial charge in [-0.05, 0) is 18.6 Å². The van der Waals surface area contributed by atoms with Crippen molar-refractivity contribution in [2.75, 3.05) is 0 Å². The zero-order valence-corrected chi connectivity index (χ0v) is 12.0. The molecule has 0 aliphatic heterocycles. The molecule has 2 N–H and O–H groups in total. The molecule has 0 saturated heterocycles. The van der Waals surface area contributed by atoms with Gasteiger partial charge in [0.1, 0.15) is 17.4 Å². The first-order chi connectivity index (χ1) is 10.0. The molecule has 2 rings (SSSR count). The smallest absolute Gasteiger partial charge is 0.326 e. The number of amides is 1. The summed E-state index contributed by atoms with van der Waals surface area (Å²) in [4.78, 5) is 23.5. The Morgan fingerprint density at radius 3 is 2.62 bits per heavy atom. The molecule has 2 aromatic rings. The normalized spacial score (nSPS) is 12.1. The highest BCUT2D eigenvalue weighted by molar-refractivity contribution is 5.99. The molecule has 0 aliphatic carbocycles. The van der Waals surface area contributed by atoms with E-state index in [9.17, 15) is 9.59 Å². The van der Waals surface area contributed by atoms with Gasteiger partial charge < -0.3 is 15.0 Å². The minimum absolute atomic E-state index is 0.344. The highest BCUT2D eigenvalue weighted by Crippen LogP contribution is 2.14. The third-order valence-electron chi connectivity index (χ3n) is 3.18. The monoisotopic (exact) mass is 290 g/mol. The fraction of sp³-hybridized carbons (Fsp3) is 0.357. The van der Waals surface area contributed by atoms with E-state index < -0.39 is 17.9 Å². The maximum Gasteiger partial charge on any atom is 0.326 e. The van der Waals surface area contributed by atoms with Crippen LogP contribution in [0.3, 0.4) is 0 Å². The standard InChI is InChI=1S/C14H18N4O3/c1-3-6-11(14(20)21)16-12(19)10-9-15-17(2)13(10)18-7-4-5-8-18/h4-5,7-9,11H,3,6H2,1-2H3,(H,16,19)(H,20,21). The summed E-state index contributed by atoms with van der Waals surface area (Å²) >= 11 is 0. The number of rotatable bonds is 6. The molecule has 21 heavy (non-hydrogen) atoms. The first-order valence-corrected chi connectivity index (χ1v) is 6.73. The van der Waals surface area contributed by atoms with E-state index in [0.717, 1.165) is 0 Å². The molecule has 2 heterocycles. The van der Waals surface area contributed by atoms with E-state index in [-0.39, 0.29) is 0 Å². The molecule has 7 nitrogen and oxygen atoms in total. The van der Waals surface area contributed by atoms with Crippen LogP contribution in [0.1, 0.15) is 30.1 Å². The fourth-order valence-corrected chi connectivity index (χ4v) is 2.16. The van der Waals surface area contributed by atoms with E-state index in [0.29, 0.717) is 24.2 Å². The van der Waals surface area contributed by atoms with Gasteiger partial charge in [0.15, 0.2) is 0 Å². The molecule has 0 radical (unpaired) electrons. The molecular formula is C14H18N4O3. The molecule has 1 atom stereocenters. The van der Waals surface area contributed by atoms with Crippen molar-refractivity contribution in [1.29, 1.82) is 0 Å². The molecule has 0 aromatic carbocycles. The maximum atomic E-state index is 12.3. The van der Waals surface area contributed by atoms with Crippen LogP contribution in [0.5, 0.6) is 0 Å². The third kappa shape index (κ3) is 3.13. The Morgan fingerprint density at radius 1 is 1.38 bits per heavy atom. The number of aryl methyl sites for hydroxylation is 1. The molecule has 0 fully saturated rings. The lowest BCUT2D eigenvalue weighted by Gasteiger charge is -2.14. The number of nitrogens with zero attached hydrogens (tertiary/aromatic N) is 3. The molecular weight excluding hydrogens is 272 g/mol. The Kier molecular flexibility index (Phi) is 4.42. The molecule has 1 amide bonds. The van der Waals surface area contributed by atoms with Gasteiger partial charge in [-0.1, -0.05) is 13.3 Å². The highest BCUT2D eigenvalue weighted by Gasteiger charge is 2.23. The van der Waals surface area contributed by atoms with E-state index in [1.165, 1.54) is 6.20 Å². The van der Waals surface area contributed by atoms with Crippen molar-refractivity contribution in [3.8, 4) is 5.82 Å². The van der Waals surface area contributed by atoms with E-state index in [1.54, 1.807) is 28.7 Å². The average Bonchev–Trinajstić information content (AvgIpc) is 3.06. The molecule has 7 heteroatoms. The number of hydrogen-bond donors (Lipinski definition) is 2. The van der Waals surface area contributed by atoms with Gasteiger partial charge in [-0.3, -0.25) is 9.48 Å².